The van der Waals surface area contributed by atoms with Gasteiger partial charge in [-0.25, -0.2) is 4.79 Å². The molecule has 0 bridgehead atoms. The zero-order chi connectivity index (χ0) is 26.1. The fourth-order valence-corrected chi connectivity index (χ4v) is 4.50. The van der Waals surface area contributed by atoms with Crippen LogP contribution in [0, 0.1) is 0 Å². The van der Waals surface area contributed by atoms with Crippen LogP contribution in [0.5, 0.6) is 5.75 Å². The van der Waals surface area contributed by atoms with Gasteiger partial charge in [0.25, 0.3) is 0 Å². The predicted molar refractivity (Wildman–Crippen MR) is 129 cm³/mol. The molecule has 0 aliphatic rings. The minimum atomic E-state index is -5.01. The zero-order valence-corrected chi connectivity index (χ0v) is 19.7. The molecular weight excluding hydrogens is 495 g/mol. The van der Waals surface area contributed by atoms with Crippen LogP contribution in [0.1, 0.15) is 39.9 Å². The average molecular weight is 516 g/mol. The largest absolute Gasteiger partial charge is 0.489 e. The van der Waals surface area contributed by atoms with Crippen molar-refractivity contribution in [3.05, 3.63) is 106 Å². The zero-order valence-electron chi connectivity index (χ0n) is 19.0. The molecular formula is C27H21ClF3NO4. The van der Waals surface area contributed by atoms with Crippen molar-refractivity contribution in [3.8, 4) is 5.75 Å². The number of aliphatic hydroxyl groups is 1. The molecule has 0 radical (unpaired) electrons. The Morgan fingerprint density at radius 2 is 1.81 bits per heavy atom. The lowest BCUT2D eigenvalue weighted by atomic mass is 9.76. The summed E-state index contributed by atoms with van der Waals surface area (Å²) in [5.41, 5.74) is -2.58. The van der Waals surface area contributed by atoms with Crippen molar-refractivity contribution >= 4 is 28.3 Å². The Morgan fingerprint density at radius 3 is 2.44 bits per heavy atom. The molecule has 4 aromatic rings. The van der Waals surface area contributed by atoms with Crippen molar-refractivity contribution in [1.82, 2.24) is 4.98 Å². The standard InChI is InChI=1S/C27H21ClF3NO4/c1-16(26(35,27(29,30)31)23-4-2-3-19-14-32-12-11-22(19)23)21-10-9-20(13-24(21)28)36-15-17-5-7-18(8-6-17)25(33)34/h2-14,16,35H,15H2,1H3,(H,33,34)/t16-,26-/m0/s1. The molecule has 2 N–H and O–H groups in total. The van der Waals surface area contributed by atoms with Crippen LogP contribution < -0.4 is 4.74 Å². The smallest absolute Gasteiger partial charge is 0.422 e. The number of fused-ring (bicyclic) bond motifs is 1. The number of ether oxygens (including phenoxy) is 1. The van der Waals surface area contributed by atoms with Crippen molar-refractivity contribution < 1.29 is 32.9 Å². The molecule has 2 atom stereocenters. The summed E-state index contributed by atoms with van der Waals surface area (Å²) >= 11 is 6.39. The summed E-state index contributed by atoms with van der Waals surface area (Å²) in [6.07, 6.45) is -2.19. The number of hydrogen-bond acceptors (Lipinski definition) is 4. The average Bonchev–Trinajstić information content (AvgIpc) is 2.86. The van der Waals surface area contributed by atoms with E-state index < -0.39 is 23.7 Å². The Labute approximate surface area is 209 Å². The van der Waals surface area contributed by atoms with E-state index >= 15 is 0 Å². The van der Waals surface area contributed by atoms with Crippen molar-refractivity contribution in [1.29, 1.82) is 0 Å². The first-order chi connectivity index (χ1) is 17.0. The topological polar surface area (TPSA) is 79.7 Å². The highest BCUT2D eigenvalue weighted by atomic mass is 35.5. The Kier molecular flexibility index (Phi) is 6.93. The van der Waals surface area contributed by atoms with E-state index in [9.17, 15) is 23.1 Å². The number of carboxylic acids is 1. The van der Waals surface area contributed by atoms with Gasteiger partial charge >= 0.3 is 12.1 Å². The third-order valence-corrected chi connectivity index (χ3v) is 6.52. The summed E-state index contributed by atoms with van der Waals surface area (Å²) in [5, 5.41) is 21.0. The quantitative estimate of drug-likeness (QED) is 0.285. The lowest BCUT2D eigenvalue weighted by molar-refractivity contribution is -0.274. The Balaban J connectivity index is 1.64. The van der Waals surface area contributed by atoms with E-state index in [4.69, 9.17) is 21.4 Å². The maximum atomic E-state index is 14.5. The van der Waals surface area contributed by atoms with Crippen molar-refractivity contribution in [2.45, 2.75) is 31.2 Å². The second-order valence-corrected chi connectivity index (χ2v) is 8.77. The van der Waals surface area contributed by atoms with Gasteiger partial charge in [-0.15, -0.1) is 0 Å². The van der Waals surface area contributed by atoms with Crippen LogP contribution in [0.25, 0.3) is 10.8 Å². The molecule has 0 spiro atoms. The highest BCUT2D eigenvalue weighted by molar-refractivity contribution is 6.31. The summed E-state index contributed by atoms with van der Waals surface area (Å²) in [6, 6.07) is 16.1. The third kappa shape index (κ3) is 4.74. The molecule has 0 saturated carbocycles. The molecule has 1 aromatic heterocycles. The van der Waals surface area contributed by atoms with Gasteiger partial charge in [0, 0.05) is 34.3 Å². The van der Waals surface area contributed by atoms with Gasteiger partial charge < -0.3 is 14.9 Å². The first-order valence-electron chi connectivity index (χ1n) is 10.9. The number of rotatable bonds is 7. The molecule has 0 aliphatic carbocycles. The van der Waals surface area contributed by atoms with Crippen LogP contribution >= 0.6 is 11.6 Å². The second kappa shape index (κ2) is 9.79. The number of aromatic nitrogens is 1. The summed E-state index contributed by atoms with van der Waals surface area (Å²) < 4.78 is 49.1. The normalized spacial score (nSPS) is 14.3. The number of alkyl halides is 3. The maximum absolute atomic E-state index is 14.5. The molecule has 3 aromatic carbocycles. The fraction of sp³-hybridized carbons (Fsp3) is 0.185. The van der Waals surface area contributed by atoms with E-state index in [0.29, 0.717) is 16.7 Å². The number of carbonyl (C=O) groups is 1. The van der Waals surface area contributed by atoms with Gasteiger partial charge in [0.1, 0.15) is 12.4 Å². The Hall–Kier alpha value is -3.62. The van der Waals surface area contributed by atoms with Crippen LogP contribution in [0.4, 0.5) is 13.2 Å². The molecule has 0 aliphatic heterocycles. The first kappa shape index (κ1) is 25.5. The molecule has 36 heavy (non-hydrogen) atoms. The van der Waals surface area contributed by atoms with Crippen molar-refractivity contribution in [3.63, 3.8) is 0 Å². The number of carboxylic acid groups (broad SMARTS) is 1. The SMILES string of the molecule is C[C@@H](c1ccc(OCc2ccc(C(=O)O)cc2)cc1Cl)[C@](O)(c1cccc2cnccc12)C(F)(F)F. The Morgan fingerprint density at radius 1 is 1.08 bits per heavy atom. The van der Waals surface area contributed by atoms with Crippen LogP contribution in [-0.4, -0.2) is 27.3 Å². The summed E-state index contributed by atoms with van der Waals surface area (Å²) in [4.78, 5) is 14.9. The number of aromatic carboxylic acids is 1. The van der Waals surface area contributed by atoms with Crippen LogP contribution in [-0.2, 0) is 12.2 Å². The van der Waals surface area contributed by atoms with Gasteiger partial charge in [-0.05, 0) is 46.8 Å². The highest BCUT2D eigenvalue weighted by Crippen LogP contribution is 2.51. The first-order valence-corrected chi connectivity index (χ1v) is 11.3. The molecule has 0 amide bonds. The molecule has 4 rings (SSSR count). The summed E-state index contributed by atoms with van der Waals surface area (Å²) in [7, 11) is 0. The van der Waals surface area contributed by atoms with Gasteiger partial charge in [-0.1, -0.05) is 54.9 Å². The van der Waals surface area contributed by atoms with Crippen LogP contribution in [0.2, 0.25) is 5.02 Å². The molecule has 0 saturated heterocycles. The monoisotopic (exact) mass is 515 g/mol. The predicted octanol–water partition coefficient (Wildman–Crippen LogP) is 6.72. The van der Waals surface area contributed by atoms with E-state index in [1.54, 1.807) is 18.2 Å². The minimum Gasteiger partial charge on any atom is -0.489 e. The molecule has 186 valence electrons. The minimum absolute atomic E-state index is 0.00537. The van der Waals surface area contributed by atoms with E-state index in [1.807, 2.05) is 0 Å². The number of pyridine rings is 1. The number of hydrogen-bond donors (Lipinski definition) is 2. The van der Waals surface area contributed by atoms with Crippen molar-refractivity contribution in [2.75, 3.05) is 0 Å². The molecule has 0 unspecified atom stereocenters. The maximum Gasteiger partial charge on any atom is 0.422 e. The van der Waals surface area contributed by atoms with Gasteiger partial charge in [-0.3, -0.25) is 4.98 Å². The fourth-order valence-electron chi connectivity index (χ4n) is 4.17. The molecule has 9 heteroatoms. The highest BCUT2D eigenvalue weighted by Gasteiger charge is 2.59. The number of nitrogens with zero attached hydrogens (tertiary/aromatic N) is 1. The summed E-state index contributed by atoms with van der Waals surface area (Å²) in [5.74, 6) is -2.19. The van der Waals surface area contributed by atoms with Gasteiger partial charge in [0.05, 0.1) is 5.56 Å². The van der Waals surface area contributed by atoms with E-state index in [-0.39, 0.29) is 33.7 Å². The van der Waals surface area contributed by atoms with E-state index in [2.05, 4.69) is 4.98 Å². The number of halogens is 4. The van der Waals surface area contributed by atoms with Crippen LogP contribution in [0.15, 0.2) is 79.1 Å². The van der Waals surface area contributed by atoms with Crippen LogP contribution in [0.3, 0.4) is 0 Å². The third-order valence-electron chi connectivity index (χ3n) is 6.20. The van der Waals surface area contributed by atoms with E-state index in [1.165, 1.54) is 67.8 Å². The van der Waals surface area contributed by atoms with Gasteiger partial charge in [-0.2, -0.15) is 13.2 Å². The lowest BCUT2D eigenvalue weighted by Crippen LogP contribution is -2.46. The van der Waals surface area contributed by atoms with Crippen molar-refractivity contribution in [2.24, 2.45) is 0 Å². The van der Waals surface area contributed by atoms with Gasteiger partial charge in [0.2, 0.25) is 0 Å². The second-order valence-electron chi connectivity index (χ2n) is 8.36. The molecule has 5 nitrogen and oxygen atoms in total. The lowest BCUT2D eigenvalue weighted by Gasteiger charge is -2.37. The van der Waals surface area contributed by atoms with Gasteiger partial charge in [0.15, 0.2) is 5.60 Å². The van der Waals surface area contributed by atoms with E-state index in [0.717, 1.165) is 0 Å². The number of benzene rings is 3. The Bertz CT molecular complexity index is 1400. The molecule has 0 fully saturated rings. The summed E-state index contributed by atoms with van der Waals surface area (Å²) in [6.45, 7) is 1.38. The molecule has 1 heterocycles.